The smallest absolute Gasteiger partial charge is 0.416 e. The molecule has 0 amide bonds. The SMILES string of the molecule is O=S(=O)(Nc1ccc(Oc2ccc(-n3cccn3)nn2)cc1)c1cccc(C(F)(F)F)c1. The lowest BCUT2D eigenvalue weighted by Gasteiger charge is -2.11. The molecule has 4 aromatic rings. The van der Waals surface area contributed by atoms with Gasteiger partial charge in [0.1, 0.15) is 5.75 Å². The number of alkyl halides is 3. The topological polar surface area (TPSA) is 99.0 Å². The molecule has 0 fully saturated rings. The van der Waals surface area contributed by atoms with E-state index >= 15 is 0 Å². The summed E-state index contributed by atoms with van der Waals surface area (Å²) in [6.07, 6.45) is -1.33. The van der Waals surface area contributed by atoms with Crippen LogP contribution in [0.15, 0.2) is 84.0 Å². The van der Waals surface area contributed by atoms with Gasteiger partial charge in [-0.2, -0.15) is 18.3 Å². The minimum atomic E-state index is -4.65. The van der Waals surface area contributed by atoms with Crippen LogP contribution in [0.1, 0.15) is 5.56 Å². The van der Waals surface area contributed by atoms with Crippen LogP contribution in [0.4, 0.5) is 18.9 Å². The maximum absolute atomic E-state index is 12.9. The van der Waals surface area contributed by atoms with Gasteiger partial charge in [0.2, 0.25) is 5.88 Å². The van der Waals surface area contributed by atoms with E-state index in [0.29, 0.717) is 17.6 Å². The second-order valence-electron chi connectivity index (χ2n) is 6.44. The largest absolute Gasteiger partial charge is 0.438 e. The molecule has 0 saturated heterocycles. The predicted octanol–water partition coefficient (Wildman–Crippen LogP) is 4.27. The molecule has 0 aliphatic carbocycles. The van der Waals surface area contributed by atoms with Crippen LogP contribution in [0.25, 0.3) is 5.82 Å². The molecule has 8 nitrogen and oxygen atoms in total. The molecular formula is C20H14F3N5O3S. The summed E-state index contributed by atoms with van der Waals surface area (Å²) in [7, 11) is -4.22. The number of ether oxygens (including phenoxy) is 1. The zero-order chi connectivity index (χ0) is 22.8. The fourth-order valence-electron chi connectivity index (χ4n) is 2.66. The van der Waals surface area contributed by atoms with Crippen molar-refractivity contribution in [3.63, 3.8) is 0 Å². The lowest BCUT2D eigenvalue weighted by Crippen LogP contribution is -2.14. The maximum atomic E-state index is 12.9. The van der Waals surface area contributed by atoms with Crippen molar-refractivity contribution >= 4 is 15.7 Å². The highest BCUT2D eigenvalue weighted by molar-refractivity contribution is 7.92. The van der Waals surface area contributed by atoms with E-state index < -0.39 is 26.7 Å². The fourth-order valence-corrected chi connectivity index (χ4v) is 3.76. The molecular weight excluding hydrogens is 447 g/mol. The summed E-state index contributed by atoms with van der Waals surface area (Å²) >= 11 is 0. The summed E-state index contributed by atoms with van der Waals surface area (Å²) in [5.41, 5.74) is -0.904. The third-order valence-electron chi connectivity index (χ3n) is 4.17. The molecule has 0 aliphatic heterocycles. The summed E-state index contributed by atoms with van der Waals surface area (Å²) < 4.78 is 72.8. The molecule has 12 heteroatoms. The number of hydrogen-bond donors (Lipinski definition) is 1. The third-order valence-corrected chi connectivity index (χ3v) is 5.54. The van der Waals surface area contributed by atoms with Gasteiger partial charge >= 0.3 is 6.18 Å². The molecule has 0 spiro atoms. The molecule has 0 saturated carbocycles. The summed E-state index contributed by atoms with van der Waals surface area (Å²) in [6, 6.07) is 14.3. The number of hydrogen-bond acceptors (Lipinski definition) is 6. The second-order valence-corrected chi connectivity index (χ2v) is 8.12. The van der Waals surface area contributed by atoms with Gasteiger partial charge < -0.3 is 4.74 Å². The quantitative estimate of drug-likeness (QED) is 0.460. The highest BCUT2D eigenvalue weighted by Gasteiger charge is 2.31. The molecule has 0 radical (unpaired) electrons. The summed E-state index contributed by atoms with van der Waals surface area (Å²) in [5, 5.41) is 12.0. The van der Waals surface area contributed by atoms with Crippen LogP contribution in [0.3, 0.4) is 0 Å². The van der Waals surface area contributed by atoms with Crippen molar-refractivity contribution in [2.45, 2.75) is 11.1 Å². The monoisotopic (exact) mass is 461 g/mol. The maximum Gasteiger partial charge on any atom is 0.416 e. The first kappa shape index (κ1) is 21.3. The predicted molar refractivity (Wildman–Crippen MR) is 108 cm³/mol. The molecule has 164 valence electrons. The number of nitrogens with one attached hydrogen (secondary N) is 1. The van der Waals surface area contributed by atoms with Crippen molar-refractivity contribution in [2.75, 3.05) is 4.72 Å². The first-order valence-electron chi connectivity index (χ1n) is 9.02. The Kier molecular flexibility index (Phi) is 5.53. The Morgan fingerprint density at radius 3 is 2.34 bits per heavy atom. The molecule has 4 rings (SSSR count). The van der Waals surface area contributed by atoms with E-state index in [2.05, 4.69) is 20.0 Å². The zero-order valence-electron chi connectivity index (χ0n) is 16.1. The Morgan fingerprint density at radius 2 is 1.72 bits per heavy atom. The number of rotatable bonds is 6. The van der Waals surface area contributed by atoms with Crippen molar-refractivity contribution in [3.05, 3.63) is 84.7 Å². The van der Waals surface area contributed by atoms with E-state index in [9.17, 15) is 21.6 Å². The highest BCUT2D eigenvalue weighted by Crippen LogP contribution is 2.31. The summed E-state index contributed by atoms with van der Waals surface area (Å²) in [6.45, 7) is 0. The van der Waals surface area contributed by atoms with Crippen molar-refractivity contribution < 1.29 is 26.3 Å². The van der Waals surface area contributed by atoms with E-state index in [4.69, 9.17) is 4.74 Å². The second kappa shape index (κ2) is 8.30. The van der Waals surface area contributed by atoms with Crippen LogP contribution in [0.2, 0.25) is 0 Å². The van der Waals surface area contributed by atoms with Crippen LogP contribution in [0, 0.1) is 0 Å². The molecule has 2 aromatic heterocycles. The number of nitrogens with zero attached hydrogens (tertiary/aromatic N) is 4. The molecule has 0 unspecified atom stereocenters. The van der Waals surface area contributed by atoms with Gasteiger partial charge in [0.25, 0.3) is 10.0 Å². The van der Waals surface area contributed by atoms with E-state index in [1.807, 2.05) is 0 Å². The van der Waals surface area contributed by atoms with Gasteiger partial charge in [0.05, 0.1) is 10.5 Å². The number of aromatic nitrogens is 4. The van der Waals surface area contributed by atoms with Crippen molar-refractivity contribution in [3.8, 4) is 17.4 Å². The average molecular weight is 461 g/mol. The zero-order valence-corrected chi connectivity index (χ0v) is 16.9. The average Bonchev–Trinajstić information content (AvgIpc) is 3.30. The molecule has 0 bridgehead atoms. The molecule has 2 aromatic carbocycles. The normalized spacial score (nSPS) is 11.8. The van der Waals surface area contributed by atoms with E-state index in [-0.39, 0.29) is 11.6 Å². The van der Waals surface area contributed by atoms with E-state index in [1.165, 1.54) is 28.9 Å². The fraction of sp³-hybridized carbons (Fsp3) is 0.0500. The van der Waals surface area contributed by atoms with Crippen molar-refractivity contribution in [1.29, 1.82) is 0 Å². The first-order chi connectivity index (χ1) is 15.2. The van der Waals surface area contributed by atoms with Gasteiger partial charge in [-0.25, -0.2) is 13.1 Å². The Hall–Kier alpha value is -3.93. The minimum Gasteiger partial charge on any atom is -0.438 e. The van der Waals surface area contributed by atoms with Crippen LogP contribution >= 0.6 is 0 Å². The van der Waals surface area contributed by atoms with Crippen LogP contribution in [0.5, 0.6) is 11.6 Å². The minimum absolute atomic E-state index is 0.148. The number of halogens is 3. The molecule has 2 heterocycles. The van der Waals surface area contributed by atoms with Gasteiger partial charge in [-0.1, -0.05) is 6.07 Å². The summed E-state index contributed by atoms with van der Waals surface area (Å²) in [4.78, 5) is -0.500. The molecule has 32 heavy (non-hydrogen) atoms. The standard InChI is InChI=1S/C20H14F3N5O3S/c21-20(22,23)14-3-1-4-17(13-14)32(29,30)27-15-5-7-16(8-6-15)31-19-10-9-18(25-26-19)28-12-2-11-24-28/h1-13,27H. The molecule has 0 atom stereocenters. The molecule has 0 aliphatic rings. The van der Waals surface area contributed by atoms with Crippen LogP contribution in [-0.4, -0.2) is 28.4 Å². The van der Waals surface area contributed by atoms with Crippen LogP contribution in [-0.2, 0) is 16.2 Å². The highest BCUT2D eigenvalue weighted by atomic mass is 32.2. The lowest BCUT2D eigenvalue weighted by molar-refractivity contribution is -0.137. The Balaban J connectivity index is 1.45. The Morgan fingerprint density at radius 1 is 0.938 bits per heavy atom. The Labute approximate surface area is 180 Å². The van der Waals surface area contributed by atoms with Gasteiger partial charge in [0.15, 0.2) is 5.82 Å². The Bertz CT molecular complexity index is 1310. The number of benzene rings is 2. The van der Waals surface area contributed by atoms with Gasteiger partial charge in [-0.3, -0.25) is 4.72 Å². The summed E-state index contributed by atoms with van der Waals surface area (Å²) in [5.74, 6) is 1.06. The lowest BCUT2D eigenvalue weighted by atomic mass is 10.2. The van der Waals surface area contributed by atoms with Crippen molar-refractivity contribution in [2.24, 2.45) is 0 Å². The first-order valence-corrected chi connectivity index (χ1v) is 10.5. The van der Waals surface area contributed by atoms with E-state index in [0.717, 1.165) is 18.2 Å². The van der Waals surface area contributed by atoms with Gasteiger partial charge in [0, 0.05) is 24.1 Å². The van der Waals surface area contributed by atoms with Gasteiger partial charge in [-0.15, -0.1) is 10.2 Å². The van der Waals surface area contributed by atoms with Gasteiger partial charge in [-0.05, 0) is 54.6 Å². The van der Waals surface area contributed by atoms with Crippen LogP contribution < -0.4 is 9.46 Å². The number of sulfonamides is 1. The van der Waals surface area contributed by atoms with E-state index in [1.54, 1.807) is 30.6 Å². The van der Waals surface area contributed by atoms with Crippen molar-refractivity contribution in [1.82, 2.24) is 20.0 Å². The molecule has 1 N–H and O–H groups in total. The number of anilines is 1. The third kappa shape index (κ3) is 4.86.